The molecule has 0 N–H and O–H groups in total. The molecule has 0 atom stereocenters. The minimum absolute atomic E-state index is 0. The van der Waals surface area contributed by atoms with Gasteiger partial charge in [-0.1, -0.05) is 0 Å². The second-order valence-electron chi connectivity index (χ2n) is 0.816. The average Bonchev–Trinajstić information content (AvgIpc) is 1.12. The summed E-state index contributed by atoms with van der Waals surface area (Å²) in [6.45, 7) is 0. The van der Waals surface area contributed by atoms with Gasteiger partial charge in [-0.3, -0.25) is 0 Å². The van der Waals surface area contributed by atoms with Crippen molar-refractivity contribution < 1.29 is 62.1 Å². The van der Waals surface area contributed by atoms with Gasteiger partial charge in [-0.15, -0.1) is 0 Å². The van der Waals surface area contributed by atoms with Crippen molar-refractivity contribution in [3.05, 3.63) is 0 Å². The molecule has 0 unspecified atom stereocenters. The van der Waals surface area contributed by atoms with Crippen LogP contribution < -0.4 is 15.0 Å². The molecule has 0 aliphatic carbocycles. The summed E-state index contributed by atoms with van der Waals surface area (Å²) >= 11 is -12.0. The molecular weight excluding hydrogens is 527 g/mol. The minimum Gasteiger partial charge on any atom is 0 e. The van der Waals surface area contributed by atoms with Crippen LogP contribution in [0.25, 0.3) is 0 Å². The van der Waals surface area contributed by atoms with Crippen LogP contribution in [-0.4, -0.2) is 27.3 Å². The van der Waals surface area contributed by atoms with E-state index < -0.39 is 33.5 Å². The maximum atomic E-state index is 8.63. The van der Waals surface area contributed by atoms with Crippen LogP contribution in [0.15, 0.2) is 0 Å². The zero-order chi connectivity index (χ0) is 9.00. The van der Waals surface area contributed by atoms with Crippen molar-refractivity contribution in [3.63, 3.8) is 0 Å². The third-order valence-electron chi connectivity index (χ3n) is 0. The predicted molar refractivity (Wildman–Crippen MR) is 8.50 cm³/mol. The molecule has 0 aromatic rings. The quantitative estimate of drug-likeness (QED) is 0.282. The fourth-order valence-electron chi connectivity index (χ4n) is 0. The Kier molecular flexibility index (Phi) is 11.3. The largest absolute Gasteiger partial charge is 0 e. The first kappa shape index (κ1) is 18.2. The molecule has 0 aromatic heterocycles. The molecule has 68 valence electrons. The molecule has 0 amide bonds. The number of hydrogen-bond donors (Lipinski definition) is 0. The van der Waals surface area contributed by atoms with Crippen LogP contribution in [0.4, 0.5) is 0 Å². The summed E-state index contributed by atoms with van der Waals surface area (Å²) in [7, 11) is 0. The van der Waals surface area contributed by atoms with E-state index in [1.807, 2.05) is 0 Å². The SMILES string of the molecule is [O]=[Mo](=[O])([O-])[O-].[O]=[Mo](=[O])([O-])[O-].[Pb]. The molecule has 0 bridgehead atoms. The van der Waals surface area contributed by atoms with Crippen molar-refractivity contribution in [2.45, 2.75) is 0 Å². The Morgan fingerprint density at radius 2 is 0.636 bits per heavy atom. The van der Waals surface area contributed by atoms with Gasteiger partial charge < -0.3 is 0 Å². The molecule has 4 radical (unpaired) electrons. The predicted octanol–water partition coefficient (Wildman–Crippen LogP) is -5.62. The Morgan fingerprint density at radius 3 is 0.636 bits per heavy atom. The molecule has 0 aliphatic heterocycles. The second-order valence-corrected chi connectivity index (χ2v) is 4.83. The Hall–Kier alpha value is 1.34. The van der Waals surface area contributed by atoms with Crippen LogP contribution in [0.5, 0.6) is 0 Å². The molecule has 0 aromatic carbocycles. The van der Waals surface area contributed by atoms with Gasteiger partial charge in [0.05, 0.1) is 0 Å². The molecule has 0 aliphatic rings. The molecule has 8 nitrogen and oxygen atoms in total. The van der Waals surface area contributed by atoms with Gasteiger partial charge in [0, 0.05) is 27.3 Å². The minimum atomic E-state index is -6.02. The van der Waals surface area contributed by atoms with E-state index in [9.17, 15) is 0 Å². The van der Waals surface area contributed by atoms with Gasteiger partial charge >= 0.3 is 62.1 Å². The van der Waals surface area contributed by atoms with E-state index in [4.69, 9.17) is 28.6 Å². The average molecular weight is 527 g/mol. The fourth-order valence-corrected chi connectivity index (χ4v) is 0. The van der Waals surface area contributed by atoms with Gasteiger partial charge in [-0.05, 0) is 0 Å². The van der Waals surface area contributed by atoms with E-state index in [1.165, 1.54) is 0 Å². The Morgan fingerprint density at radius 1 is 0.636 bits per heavy atom. The van der Waals surface area contributed by atoms with E-state index in [-0.39, 0.29) is 27.3 Å². The van der Waals surface area contributed by atoms with Gasteiger partial charge in [0.1, 0.15) is 0 Å². The summed E-state index contributed by atoms with van der Waals surface area (Å²) in [6, 6.07) is 0. The molecule has 0 spiro atoms. The number of rotatable bonds is 0. The van der Waals surface area contributed by atoms with Crippen LogP contribution in [-0.2, 0) is 47.1 Å². The van der Waals surface area contributed by atoms with Crippen molar-refractivity contribution in [1.29, 1.82) is 0 Å². The third kappa shape index (κ3) is 552. The summed E-state index contributed by atoms with van der Waals surface area (Å²) in [5, 5.41) is 0. The van der Waals surface area contributed by atoms with Crippen LogP contribution in [0.2, 0.25) is 0 Å². The van der Waals surface area contributed by atoms with E-state index in [0.717, 1.165) is 0 Å². The van der Waals surface area contributed by atoms with Gasteiger partial charge in [-0.2, -0.15) is 0 Å². The first-order valence-electron chi connectivity index (χ1n) is 1.33. The van der Waals surface area contributed by atoms with Crippen LogP contribution in [0.1, 0.15) is 0 Å². The van der Waals surface area contributed by atoms with Crippen molar-refractivity contribution >= 4 is 27.3 Å². The zero-order valence-electron chi connectivity index (χ0n) is 4.58. The van der Waals surface area contributed by atoms with E-state index in [2.05, 4.69) is 0 Å². The maximum Gasteiger partial charge on any atom is 0 e. The van der Waals surface area contributed by atoms with Crippen molar-refractivity contribution in [2.75, 3.05) is 0 Å². The standard InChI is InChI=1S/2Mo.8O.Pb/q;;;;;;4*-1;. The molecule has 0 saturated carbocycles. The topological polar surface area (TPSA) is 161 Å². The summed E-state index contributed by atoms with van der Waals surface area (Å²) in [5.74, 6) is 0. The first-order valence-corrected chi connectivity index (χ1v) is 7.89. The van der Waals surface area contributed by atoms with Gasteiger partial charge in [0.2, 0.25) is 0 Å². The Labute approximate surface area is 88.5 Å². The van der Waals surface area contributed by atoms with E-state index in [0.29, 0.717) is 0 Å². The van der Waals surface area contributed by atoms with Crippen LogP contribution >= 0.6 is 0 Å². The zero-order valence-corrected chi connectivity index (χ0v) is 12.5. The Bertz CT molecular complexity index is 208. The van der Waals surface area contributed by atoms with E-state index >= 15 is 0 Å². The van der Waals surface area contributed by atoms with Crippen molar-refractivity contribution in [1.82, 2.24) is 0 Å². The molecule has 0 rings (SSSR count). The molecule has 0 fully saturated rings. The monoisotopic (exact) mass is 532 g/mol. The smallest absolute Gasteiger partial charge is 0 e. The second kappa shape index (κ2) is 6.81. The summed E-state index contributed by atoms with van der Waals surface area (Å²) in [5.41, 5.74) is 0. The van der Waals surface area contributed by atoms with Crippen LogP contribution in [0, 0.1) is 0 Å². The fraction of sp³-hybridized carbons (Fsp3) is 0. The summed E-state index contributed by atoms with van der Waals surface area (Å²) in [6.07, 6.45) is 0. The van der Waals surface area contributed by atoms with Crippen molar-refractivity contribution in [3.8, 4) is 0 Å². The molecule has 0 saturated heterocycles. The van der Waals surface area contributed by atoms with Crippen LogP contribution in [0.3, 0.4) is 0 Å². The molecule has 11 heavy (non-hydrogen) atoms. The molecule has 0 heterocycles. The summed E-state index contributed by atoms with van der Waals surface area (Å²) < 4.78 is 69.0. The number of hydrogen-bond acceptors (Lipinski definition) is 8. The third-order valence-corrected chi connectivity index (χ3v) is 0. The molecule has 11 heteroatoms. The maximum absolute atomic E-state index is 8.63. The first-order chi connectivity index (χ1) is 4.00. The normalized spacial score (nSPS) is 10.5. The van der Waals surface area contributed by atoms with Gasteiger partial charge in [0.25, 0.3) is 0 Å². The van der Waals surface area contributed by atoms with Gasteiger partial charge in [0.15, 0.2) is 0 Å². The van der Waals surface area contributed by atoms with Crippen molar-refractivity contribution in [2.24, 2.45) is 0 Å². The Balaban J connectivity index is -0.000000107. The summed E-state index contributed by atoms with van der Waals surface area (Å²) in [4.78, 5) is 0. The van der Waals surface area contributed by atoms with Gasteiger partial charge in [-0.25, -0.2) is 0 Å². The molecular formula is Mo2O8Pb-4. The van der Waals surface area contributed by atoms with E-state index in [1.54, 1.807) is 0 Å².